The summed E-state index contributed by atoms with van der Waals surface area (Å²) in [7, 11) is 0. The number of hydrogen-bond acceptors (Lipinski definition) is 6. The first-order valence-corrected chi connectivity index (χ1v) is 11.2. The van der Waals surface area contributed by atoms with Crippen LogP contribution in [0.25, 0.3) is 17.1 Å². The number of thioether (sulfide) groups is 1. The van der Waals surface area contributed by atoms with Gasteiger partial charge in [-0.2, -0.15) is 5.10 Å². The van der Waals surface area contributed by atoms with Crippen LogP contribution in [0.5, 0.6) is 0 Å². The number of halogens is 1. The van der Waals surface area contributed by atoms with E-state index in [-0.39, 0.29) is 11.7 Å². The first-order valence-electron chi connectivity index (χ1n) is 9.38. The average Bonchev–Trinajstić information content (AvgIpc) is 3.48. The van der Waals surface area contributed by atoms with Crippen molar-refractivity contribution in [2.24, 2.45) is 5.10 Å². The summed E-state index contributed by atoms with van der Waals surface area (Å²) in [6, 6.07) is 21.2. The number of amides is 1. The molecule has 4 rings (SSSR count). The lowest BCUT2D eigenvalue weighted by Gasteiger charge is -2.10. The predicted octanol–water partition coefficient (Wildman–Crippen LogP) is 4.92. The molecule has 1 N–H and O–H groups in total. The van der Waals surface area contributed by atoms with Gasteiger partial charge in [0.15, 0.2) is 11.0 Å². The van der Waals surface area contributed by atoms with Gasteiger partial charge in [-0.05, 0) is 43.3 Å². The van der Waals surface area contributed by atoms with E-state index in [9.17, 15) is 4.79 Å². The largest absolute Gasteiger partial charge is 0.463 e. The van der Waals surface area contributed by atoms with Crippen molar-refractivity contribution < 1.29 is 9.21 Å². The van der Waals surface area contributed by atoms with Gasteiger partial charge in [-0.3, -0.25) is 9.36 Å². The molecule has 0 saturated heterocycles. The first-order chi connectivity index (χ1) is 15.1. The van der Waals surface area contributed by atoms with Gasteiger partial charge in [-0.15, -0.1) is 10.2 Å². The molecule has 0 aliphatic heterocycles. The summed E-state index contributed by atoms with van der Waals surface area (Å²) in [5.41, 5.74) is 4.98. The zero-order valence-corrected chi connectivity index (χ0v) is 18.9. The fourth-order valence-corrected chi connectivity index (χ4v) is 3.82. The van der Waals surface area contributed by atoms with Crippen LogP contribution in [-0.4, -0.2) is 32.1 Å². The quantitative estimate of drug-likeness (QED) is 0.223. The van der Waals surface area contributed by atoms with Crippen molar-refractivity contribution >= 4 is 39.3 Å². The van der Waals surface area contributed by atoms with E-state index in [0.717, 1.165) is 15.7 Å². The lowest BCUT2D eigenvalue weighted by atomic mass is 10.2. The molecule has 156 valence electrons. The normalized spacial score (nSPS) is 11.5. The van der Waals surface area contributed by atoms with Crippen LogP contribution >= 0.6 is 27.7 Å². The minimum absolute atomic E-state index is 0.137. The summed E-state index contributed by atoms with van der Waals surface area (Å²) in [4.78, 5) is 12.3. The molecule has 4 aromatic rings. The van der Waals surface area contributed by atoms with Crippen LogP contribution < -0.4 is 5.43 Å². The zero-order chi connectivity index (χ0) is 21.6. The average molecular weight is 496 g/mol. The molecule has 0 aliphatic carbocycles. The summed E-state index contributed by atoms with van der Waals surface area (Å²) in [5.74, 6) is 1.20. The van der Waals surface area contributed by atoms with E-state index in [1.165, 1.54) is 11.8 Å². The van der Waals surface area contributed by atoms with E-state index in [1.54, 1.807) is 25.3 Å². The third-order valence-corrected chi connectivity index (χ3v) is 5.77. The molecule has 0 spiro atoms. The molecule has 0 fully saturated rings. The van der Waals surface area contributed by atoms with Crippen molar-refractivity contribution in [3.8, 4) is 17.1 Å². The van der Waals surface area contributed by atoms with Crippen molar-refractivity contribution in [3.05, 3.63) is 83.2 Å². The van der Waals surface area contributed by atoms with Crippen LogP contribution in [0.4, 0.5) is 0 Å². The minimum Gasteiger partial charge on any atom is -0.463 e. The summed E-state index contributed by atoms with van der Waals surface area (Å²) >= 11 is 4.76. The van der Waals surface area contributed by atoms with Crippen molar-refractivity contribution in [2.75, 3.05) is 5.75 Å². The summed E-state index contributed by atoms with van der Waals surface area (Å²) in [5, 5.41) is 13.4. The van der Waals surface area contributed by atoms with Crippen LogP contribution in [0.3, 0.4) is 0 Å². The highest BCUT2D eigenvalue weighted by Gasteiger charge is 2.17. The Morgan fingerprint density at radius 1 is 1.10 bits per heavy atom. The smallest absolute Gasteiger partial charge is 0.250 e. The lowest BCUT2D eigenvalue weighted by Crippen LogP contribution is -2.21. The Morgan fingerprint density at radius 2 is 1.87 bits per heavy atom. The van der Waals surface area contributed by atoms with Gasteiger partial charge in [0.2, 0.25) is 0 Å². The summed E-state index contributed by atoms with van der Waals surface area (Å²) in [6.45, 7) is 1.77. The fraction of sp³-hybridized carbons (Fsp3) is 0.0909. The maximum absolute atomic E-state index is 12.3. The molecule has 31 heavy (non-hydrogen) atoms. The van der Waals surface area contributed by atoms with Gasteiger partial charge in [-0.25, -0.2) is 5.43 Å². The maximum atomic E-state index is 12.3. The van der Waals surface area contributed by atoms with Gasteiger partial charge < -0.3 is 4.42 Å². The van der Waals surface area contributed by atoms with E-state index in [2.05, 4.69) is 36.7 Å². The third kappa shape index (κ3) is 5.12. The van der Waals surface area contributed by atoms with E-state index in [4.69, 9.17) is 4.42 Å². The Kier molecular flexibility index (Phi) is 6.63. The highest BCUT2D eigenvalue weighted by molar-refractivity contribution is 9.10. The molecule has 0 unspecified atom stereocenters. The van der Waals surface area contributed by atoms with Gasteiger partial charge in [0.05, 0.1) is 12.0 Å². The number of carbonyl (C=O) groups is 1. The number of nitrogens with one attached hydrogen (secondary N) is 1. The number of furan rings is 1. The standard InChI is InChI=1S/C22H18BrN5O2S/c1-15(19-8-5-13-30-19)24-25-20(29)14-31-22-27-26-21(16-6-3-2-4-7-16)28(22)18-11-9-17(23)10-12-18/h2-13H,14H2,1H3,(H,25,29). The van der Waals surface area contributed by atoms with Gasteiger partial charge in [0.25, 0.3) is 5.91 Å². The van der Waals surface area contributed by atoms with Crippen LogP contribution in [0, 0.1) is 0 Å². The second kappa shape index (κ2) is 9.76. The fourth-order valence-electron chi connectivity index (χ4n) is 2.81. The van der Waals surface area contributed by atoms with E-state index in [1.807, 2.05) is 59.2 Å². The van der Waals surface area contributed by atoms with E-state index >= 15 is 0 Å². The van der Waals surface area contributed by atoms with Crippen LogP contribution in [0.2, 0.25) is 0 Å². The van der Waals surface area contributed by atoms with Crippen LogP contribution in [0.15, 0.2) is 92.1 Å². The van der Waals surface area contributed by atoms with Gasteiger partial charge in [-0.1, -0.05) is 58.0 Å². The van der Waals surface area contributed by atoms with Crippen molar-refractivity contribution in [1.82, 2.24) is 20.2 Å². The van der Waals surface area contributed by atoms with E-state index < -0.39 is 0 Å². The molecular formula is C22H18BrN5O2S. The molecule has 0 aliphatic rings. The van der Waals surface area contributed by atoms with Crippen molar-refractivity contribution in [2.45, 2.75) is 12.1 Å². The summed E-state index contributed by atoms with van der Waals surface area (Å²) in [6.07, 6.45) is 1.56. The van der Waals surface area contributed by atoms with Gasteiger partial charge >= 0.3 is 0 Å². The number of carbonyl (C=O) groups excluding carboxylic acids is 1. The molecule has 0 atom stereocenters. The van der Waals surface area contributed by atoms with Crippen molar-refractivity contribution in [1.29, 1.82) is 0 Å². The van der Waals surface area contributed by atoms with Gasteiger partial charge in [0.1, 0.15) is 11.5 Å². The molecule has 0 saturated carbocycles. The number of hydrogen-bond donors (Lipinski definition) is 1. The van der Waals surface area contributed by atoms with E-state index in [0.29, 0.717) is 22.5 Å². The minimum atomic E-state index is -0.248. The number of rotatable bonds is 7. The maximum Gasteiger partial charge on any atom is 0.250 e. The zero-order valence-electron chi connectivity index (χ0n) is 16.5. The summed E-state index contributed by atoms with van der Waals surface area (Å²) < 4.78 is 8.18. The van der Waals surface area contributed by atoms with Crippen molar-refractivity contribution in [3.63, 3.8) is 0 Å². The van der Waals surface area contributed by atoms with Crippen LogP contribution in [-0.2, 0) is 4.79 Å². The molecule has 2 heterocycles. The molecule has 1 amide bonds. The number of hydrazone groups is 1. The number of benzene rings is 2. The molecule has 0 bridgehead atoms. The SMILES string of the molecule is CC(=NNC(=O)CSc1nnc(-c2ccccc2)n1-c1ccc(Br)cc1)c1ccco1. The first kappa shape index (κ1) is 21.1. The Morgan fingerprint density at radius 3 is 2.58 bits per heavy atom. The molecule has 2 aromatic heterocycles. The Balaban J connectivity index is 1.54. The molecular weight excluding hydrogens is 478 g/mol. The second-order valence-corrected chi connectivity index (χ2v) is 8.34. The predicted molar refractivity (Wildman–Crippen MR) is 124 cm³/mol. The molecule has 2 aromatic carbocycles. The Bertz CT molecular complexity index is 1190. The second-order valence-electron chi connectivity index (χ2n) is 6.48. The molecule has 0 radical (unpaired) electrons. The highest BCUT2D eigenvalue weighted by atomic mass is 79.9. The Labute approximate surface area is 191 Å². The molecule has 7 nitrogen and oxygen atoms in total. The lowest BCUT2D eigenvalue weighted by molar-refractivity contribution is -0.118. The van der Waals surface area contributed by atoms with Crippen LogP contribution in [0.1, 0.15) is 12.7 Å². The van der Waals surface area contributed by atoms with Gasteiger partial charge in [0, 0.05) is 15.7 Å². The monoisotopic (exact) mass is 495 g/mol. The topological polar surface area (TPSA) is 85.3 Å². The highest BCUT2D eigenvalue weighted by Crippen LogP contribution is 2.28. The third-order valence-electron chi connectivity index (χ3n) is 4.31. The number of nitrogens with zero attached hydrogens (tertiary/aromatic N) is 4. The number of aromatic nitrogens is 3. The molecule has 9 heteroatoms. The Hall–Kier alpha value is -3.17.